The van der Waals surface area contributed by atoms with Crippen LogP contribution in [0, 0.1) is 0 Å². The summed E-state index contributed by atoms with van der Waals surface area (Å²) in [6.07, 6.45) is 18.7. The molecule has 158 valence electrons. The van der Waals surface area contributed by atoms with Crippen LogP contribution in [0.25, 0.3) is 0 Å². The Morgan fingerprint density at radius 1 is 0.893 bits per heavy atom. The van der Waals surface area contributed by atoms with Gasteiger partial charge >= 0.3 is 5.97 Å². The van der Waals surface area contributed by atoms with Gasteiger partial charge in [0.1, 0.15) is 6.61 Å². The van der Waals surface area contributed by atoms with E-state index in [1.54, 1.807) is 0 Å². The van der Waals surface area contributed by atoms with Gasteiger partial charge in [0, 0.05) is 29.7 Å². The van der Waals surface area contributed by atoms with E-state index in [0.29, 0.717) is 11.9 Å². The summed E-state index contributed by atoms with van der Waals surface area (Å²) >= 11 is 1.93. The van der Waals surface area contributed by atoms with Crippen molar-refractivity contribution in [1.29, 1.82) is 0 Å². The number of nitrogens with zero attached hydrogens (tertiary/aromatic N) is 1. The van der Waals surface area contributed by atoms with Gasteiger partial charge < -0.3 is 4.74 Å². The SMILES string of the molecule is O=C(CCN1C(=O)C=CC1=O)OCCSC1CCCCCCCCCCCC1. The fourth-order valence-corrected chi connectivity index (χ4v) is 4.95. The normalized spacial score (nSPS) is 20.5. The molecule has 0 aromatic carbocycles. The number of hydrogen-bond donors (Lipinski definition) is 0. The van der Waals surface area contributed by atoms with Crippen LogP contribution in [0.3, 0.4) is 0 Å². The van der Waals surface area contributed by atoms with Gasteiger partial charge in [0.2, 0.25) is 0 Å². The van der Waals surface area contributed by atoms with Crippen LogP contribution in [0.1, 0.15) is 83.5 Å². The third-order valence-electron chi connectivity index (χ3n) is 5.44. The standard InChI is InChI=1S/C22H35NO4S/c24-20-13-14-21(25)23(20)16-15-22(26)27-17-18-28-19-11-9-7-5-3-1-2-4-6-8-10-12-19/h13-14,19H,1-12,15-18H2. The molecule has 2 amide bonds. The number of carbonyl (C=O) groups is 3. The molecule has 1 saturated carbocycles. The van der Waals surface area contributed by atoms with Gasteiger partial charge in [-0.25, -0.2) is 0 Å². The molecule has 1 heterocycles. The number of thioether (sulfide) groups is 1. The molecule has 1 fully saturated rings. The van der Waals surface area contributed by atoms with Gasteiger partial charge in [-0.3, -0.25) is 19.3 Å². The molecular formula is C22H35NO4S. The summed E-state index contributed by atoms with van der Waals surface area (Å²) in [6.45, 7) is 0.499. The van der Waals surface area contributed by atoms with E-state index in [4.69, 9.17) is 4.74 Å². The second-order valence-electron chi connectivity index (χ2n) is 7.74. The molecule has 2 rings (SSSR count). The Kier molecular flexibility index (Phi) is 11.3. The molecule has 1 aliphatic heterocycles. The number of imide groups is 1. The summed E-state index contributed by atoms with van der Waals surface area (Å²) < 4.78 is 5.29. The molecule has 0 radical (unpaired) electrons. The minimum Gasteiger partial charge on any atom is -0.465 e. The number of rotatable bonds is 7. The highest BCUT2D eigenvalue weighted by molar-refractivity contribution is 7.99. The summed E-state index contributed by atoms with van der Waals surface area (Å²) in [5.74, 6) is -0.235. The first-order chi connectivity index (χ1) is 13.7. The van der Waals surface area contributed by atoms with Gasteiger partial charge in [-0.15, -0.1) is 0 Å². The van der Waals surface area contributed by atoms with E-state index in [9.17, 15) is 14.4 Å². The lowest BCUT2D eigenvalue weighted by molar-refractivity contribution is -0.144. The average Bonchev–Trinajstić information content (AvgIpc) is 3.01. The molecule has 0 aromatic heterocycles. The van der Waals surface area contributed by atoms with Crippen LogP contribution < -0.4 is 0 Å². The Morgan fingerprint density at radius 2 is 1.39 bits per heavy atom. The Labute approximate surface area is 173 Å². The average molecular weight is 410 g/mol. The first-order valence-corrected chi connectivity index (χ1v) is 12.0. The van der Waals surface area contributed by atoms with Gasteiger partial charge in [-0.2, -0.15) is 11.8 Å². The van der Waals surface area contributed by atoms with E-state index in [-0.39, 0.29) is 30.7 Å². The van der Waals surface area contributed by atoms with Crippen molar-refractivity contribution in [3.63, 3.8) is 0 Å². The van der Waals surface area contributed by atoms with Crippen LogP contribution in [0.15, 0.2) is 12.2 Å². The molecule has 28 heavy (non-hydrogen) atoms. The minimum atomic E-state index is -0.355. The quantitative estimate of drug-likeness (QED) is 0.348. The highest BCUT2D eigenvalue weighted by Crippen LogP contribution is 2.25. The van der Waals surface area contributed by atoms with Gasteiger partial charge in [0.25, 0.3) is 11.8 Å². The Hall–Kier alpha value is -1.30. The predicted octanol–water partition coefficient (Wildman–Crippen LogP) is 4.64. The summed E-state index contributed by atoms with van der Waals surface area (Å²) in [7, 11) is 0. The molecule has 5 nitrogen and oxygen atoms in total. The number of carbonyl (C=O) groups excluding carboxylic acids is 3. The molecular weight excluding hydrogens is 374 g/mol. The van der Waals surface area contributed by atoms with Crippen molar-refractivity contribution in [3.05, 3.63) is 12.2 Å². The first kappa shape index (κ1) is 23.0. The Bertz CT molecular complexity index is 503. The number of ether oxygens (including phenoxy) is 1. The largest absolute Gasteiger partial charge is 0.465 e. The Morgan fingerprint density at radius 3 is 1.93 bits per heavy atom. The highest BCUT2D eigenvalue weighted by Gasteiger charge is 2.23. The van der Waals surface area contributed by atoms with Gasteiger partial charge in [-0.1, -0.05) is 64.2 Å². The van der Waals surface area contributed by atoms with Crippen molar-refractivity contribution in [2.45, 2.75) is 88.7 Å². The van der Waals surface area contributed by atoms with Gasteiger partial charge in [0.15, 0.2) is 0 Å². The minimum absolute atomic E-state index is 0.0628. The molecule has 0 bridgehead atoms. The van der Waals surface area contributed by atoms with Crippen molar-refractivity contribution in [2.24, 2.45) is 0 Å². The van der Waals surface area contributed by atoms with E-state index in [1.807, 2.05) is 11.8 Å². The summed E-state index contributed by atoms with van der Waals surface area (Å²) in [4.78, 5) is 35.8. The highest BCUT2D eigenvalue weighted by atomic mass is 32.2. The van der Waals surface area contributed by atoms with Gasteiger partial charge in [-0.05, 0) is 12.8 Å². The number of hydrogen-bond acceptors (Lipinski definition) is 5. The van der Waals surface area contributed by atoms with E-state index in [2.05, 4.69) is 0 Å². The molecule has 0 unspecified atom stereocenters. The maximum atomic E-state index is 11.9. The molecule has 0 spiro atoms. The third kappa shape index (κ3) is 9.26. The zero-order valence-corrected chi connectivity index (χ0v) is 17.9. The van der Waals surface area contributed by atoms with E-state index < -0.39 is 0 Å². The van der Waals surface area contributed by atoms with Crippen molar-refractivity contribution < 1.29 is 19.1 Å². The summed E-state index contributed by atoms with van der Waals surface area (Å²) in [6, 6.07) is 0. The lowest BCUT2D eigenvalue weighted by atomic mass is 10.1. The zero-order chi connectivity index (χ0) is 20.0. The van der Waals surface area contributed by atoms with Crippen LogP contribution >= 0.6 is 11.8 Å². The molecule has 0 atom stereocenters. The second-order valence-corrected chi connectivity index (χ2v) is 9.15. The van der Waals surface area contributed by atoms with Crippen molar-refractivity contribution in [2.75, 3.05) is 18.9 Å². The molecule has 0 N–H and O–H groups in total. The maximum Gasteiger partial charge on any atom is 0.307 e. The zero-order valence-electron chi connectivity index (χ0n) is 17.0. The van der Waals surface area contributed by atoms with Crippen LogP contribution in [-0.2, 0) is 19.1 Å². The lowest BCUT2D eigenvalue weighted by Gasteiger charge is -2.17. The molecule has 0 saturated heterocycles. The van der Waals surface area contributed by atoms with Crippen molar-refractivity contribution in [1.82, 2.24) is 4.90 Å². The predicted molar refractivity (Wildman–Crippen MR) is 113 cm³/mol. The van der Waals surface area contributed by atoms with E-state index in [1.165, 1.54) is 89.2 Å². The van der Waals surface area contributed by atoms with Crippen molar-refractivity contribution >= 4 is 29.5 Å². The Balaban J connectivity index is 1.58. The van der Waals surface area contributed by atoms with Crippen LogP contribution in [0.5, 0.6) is 0 Å². The van der Waals surface area contributed by atoms with Crippen LogP contribution in [0.4, 0.5) is 0 Å². The number of esters is 1. The maximum absolute atomic E-state index is 11.9. The number of amides is 2. The van der Waals surface area contributed by atoms with Gasteiger partial charge in [0.05, 0.1) is 6.42 Å². The van der Waals surface area contributed by atoms with Crippen LogP contribution in [0.2, 0.25) is 0 Å². The molecule has 0 aromatic rings. The third-order valence-corrected chi connectivity index (χ3v) is 6.79. The molecule has 2 aliphatic rings. The van der Waals surface area contributed by atoms with Crippen LogP contribution in [-0.4, -0.2) is 46.8 Å². The fraction of sp³-hybridized carbons (Fsp3) is 0.773. The van der Waals surface area contributed by atoms with E-state index >= 15 is 0 Å². The lowest BCUT2D eigenvalue weighted by Crippen LogP contribution is -2.32. The second kappa shape index (κ2) is 13.8. The van der Waals surface area contributed by atoms with E-state index in [0.717, 1.165) is 10.7 Å². The fourth-order valence-electron chi connectivity index (χ4n) is 3.77. The first-order valence-electron chi connectivity index (χ1n) is 11.0. The smallest absolute Gasteiger partial charge is 0.307 e. The monoisotopic (exact) mass is 409 g/mol. The topological polar surface area (TPSA) is 63.7 Å². The van der Waals surface area contributed by atoms with Crippen molar-refractivity contribution in [3.8, 4) is 0 Å². The molecule has 6 heteroatoms. The summed E-state index contributed by atoms with van der Waals surface area (Å²) in [5.41, 5.74) is 0. The molecule has 1 aliphatic carbocycles. The summed E-state index contributed by atoms with van der Waals surface area (Å²) in [5, 5.41) is 0.672.